The number of fused-ring (bicyclic) bond motifs is 6. The largest absolute Gasteiger partial charge is 0.289 e. The van der Waals surface area contributed by atoms with E-state index in [0.717, 1.165) is 92.1 Å². The Balaban J connectivity index is 1.51. The lowest BCUT2D eigenvalue weighted by molar-refractivity contribution is 0.103. The average molecular weight is 535 g/mol. The zero-order chi connectivity index (χ0) is 24.6. The molecule has 0 N–H and O–H groups in total. The molecule has 0 amide bonds. The molecule has 0 radical (unpaired) electrons. The maximum absolute atomic E-state index is 13.6. The predicted molar refractivity (Wildman–Crippen MR) is 153 cm³/mol. The summed E-state index contributed by atoms with van der Waals surface area (Å²) in [6, 6.07) is 30.7. The second-order valence-electron chi connectivity index (χ2n) is 10.0. The monoisotopic (exact) mass is 534 g/mol. The van der Waals surface area contributed by atoms with Gasteiger partial charge in [0.1, 0.15) is 0 Å². The van der Waals surface area contributed by atoms with Crippen molar-refractivity contribution in [2.24, 2.45) is 0 Å². The molecule has 37 heavy (non-hydrogen) atoms. The first-order chi connectivity index (χ1) is 18.1. The molecule has 0 atom stereocenters. The van der Waals surface area contributed by atoms with Crippen molar-refractivity contribution in [3.63, 3.8) is 0 Å². The molecule has 170 valence electrons. The SMILES string of the molecule is O=C1c2ccccc2-c2ccc3c4ccc5c6c(ccc(c7ccc1c2c37)c64)-c1ccc(Br)cc1C5=O. The Morgan fingerprint density at radius 1 is 0.378 bits per heavy atom. The van der Waals surface area contributed by atoms with Crippen LogP contribution in [0.3, 0.4) is 0 Å². The number of halogens is 1. The molecule has 0 heterocycles. The topological polar surface area (TPSA) is 34.1 Å². The van der Waals surface area contributed by atoms with Gasteiger partial charge in [-0.15, -0.1) is 0 Å². The third-order valence-corrected chi connectivity index (χ3v) is 8.86. The summed E-state index contributed by atoms with van der Waals surface area (Å²) in [5.74, 6) is 0.141. The van der Waals surface area contributed by atoms with E-state index in [2.05, 4.69) is 52.3 Å². The molecule has 9 rings (SSSR count). The lowest BCUT2D eigenvalue weighted by Gasteiger charge is -2.25. The Labute approximate surface area is 219 Å². The van der Waals surface area contributed by atoms with Crippen molar-refractivity contribution in [3.8, 4) is 22.3 Å². The van der Waals surface area contributed by atoms with E-state index in [4.69, 9.17) is 0 Å². The van der Waals surface area contributed by atoms with Crippen LogP contribution in [-0.4, -0.2) is 11.6 Å². The van der Waals surface area contributed by atoms with Crippen molar-refractivity contribution in [1.82, 2.24) is 0 Å². The highest BCUT2D eigenvalue weighted by Gasteiger charge is 2.30. The van der Waals surface area contributed by atoms with Crippen LogP contribution in [0.4, 0.5) is 0 Å². The van der Waals surface area contributed by atoms with Gasteiger partial charge >= 0.3 is 0 Å². The first kappa shape index (κ1) is 19.8. The van der Waals surface area contributed by atoms with Crippen LogP contribution in [0.1, 0.15) is 31.8 Å². The maximum atomic E-state index is 13.6. The Kier molecular flexibility index (Phi) is 3.48. The van der Waals surface area contributed by atoms with E-state index in [1.165, 1.54) is 0 Å². The molecule has 0 bridgehead atoms. The Hall–Kier alpha value is -4.34. The van der Waals surface area contributed by atoms with Gasteiger partial charge < -0.3 is 0 Å². The second kappa shape index (κ2) is 6.50. The van der Waals surface area contributed by atoms with Crippen molar-refractivity contribution < 1.29 is 9.59 Å². The van der Waals surface area contributed by atoms with Crippen LogP contribution in [0.2, 0.25) is 0 Å². The molecular weight excluding hydrogens is 520 g/mol. The Morgan fingerprint density at radius 2 is 0.811 bits per heavy atom. The first-order valence-corrected chi connectivity index (χ1v) is 13.1. The smallest absolute Gasteiger partial charge is 0.194 e. The van der Waals surface area contributed by atoms with Crippen LogP contribution in [0.25, 0.3) is 65.3 Å². The summed E-state index contributed by atoms with van der Waals surface area (Å²) in [7, 11) is 0. The lowest BCUT2D eigenvalue weighted by atomic mass is 9.77. The summed E-state index contributed by atoms with van der Waals surface area (Å²) in [6.45, 7) is 0. The number of hydrogen-bond acceptors (Lipinski definition) is 2. The van der Waals surface area contributed by atoms with E-state index in [-0.39, 0.29) is 11.6 Å². The van der Waals surface area contributed by atoms with Crippen molar-refractivity contribution in [2.45, 2.75) is 0 Å². The standard InChI is InChI=1S/C34H15BrO2/c35-16-5-6-18-20-8-10-22-23-11-13-26-31-19(17-3-1-2-4-25(17)33(26)36)7-9-21(29(23)31)24-12-14-27(32(20)30(22)24)34(37)28(18)15-16/h1-15H. The van der Waals surface area contributed by atoms with Crippen LogP contribution in [0.5, 0.6) is 0 Å². The van der Waals surface area contributed by atoms with Gasteiger partial charge in [-0.05, 0) is 78.8 Å². The van der Waals surface area contributed by atoms with Gasteiger partial charge in [0.2, 0.25) is 0 Å². The quantitative estimate of drug-likeness (QED) is 0.144. The molecule has 2 aliphatic rings. The summed E-state index contributed by atoms with van der Waals surface area (Å²) in [5.41, 5.74) is 7.17. The third kappa shape index (κ3) is 2.23. The number of benzene rings is 7. The zero-order valence-electron chi connectivity index (χ0n) is 19.4. The van der Waals surface area contributed by atoms with Crippen LogP contribution < -0.4 is 0 Å². The highest BCUT2D eigenvalue weighted by molar-refractivity contribution is 9.10. The van der Waals surface area contributed by atoms with Gasteiger partial charge in [-0.3, -0.25) is 9.59 Å². The van der Waals surface area contributed by atoms with Crippen LogP contribution >= 0.6 is 15.9 Å². The van der Waals surface area contributed by atoms with E-state index in [1.54, 1.807) is 0 Å². The third-order valence-electron chi connectivity index (χ3n) is 8.37. The van der Waals surface area contributed by atoms with Gasteiger partial charge in [-0.2, -0.15) is 0 Å². The molecule has 0 aliphatic heterocycles. The molecule has 0 saturated carbocycles. The summed E-state index contributed by atoms with van der Waals surface area (Å²) in [5, 5.41) is 8.77. The molecular formula is C34H15BrO2. The van der Waals surface area contributed by atoms with Crippen molar-refractivity contribution in [2.75, 3.05) is 0 Å². The summed E-state index contributed by atoms with van der Waals surface area (Å²) in [6.07, 6.45) is 0. The molecule has 3 heteroatoms. The molecule has 2 nitrogen and oxygen atoms in total. The fourth-order valence-electron chi connectivity index (χ4n) is 6.86. The molecule has 0 fully saturated rings. The molecule has 0 saturated heterocycles. The highest BCUT2D eigenvalue weighted by atomic mass is 79.9. The van der Waals surface area contributed by atoms with Gasteiger partial charge in [0, 0.05) is 37.5 Å². The second-order valence-corrected chi connectivity index (χ2v) is 11.0. The van der Waals surface area contributed by atoms with E-state index in [0.29, 0.717) is 0 Å². The molecule has 0 spiro atoms. The van der Waals surface area contributed by atoms with E-state index >= 15 is 0 Å². The van der Waals surface area contributed by atoms with E-state index < -0.39 is 0 Å². The highest BCUT2D eigenvalue weighted by Crippen LogP contribution is 2.50. The number of hydrogen-bond donors (Lipinski definition) is 0. The van der Waals surface area contributed by atoms with Crippen LogP contribution in [-0.2, 0) is 0 Å². The van der Waals surface area contributed by atoms with Gasteiger partial charge in [0.05, 0.1) is 0 Å². The maximum Gasteiger partial charge on any atom is 0.194 e. The van der Waals surface area contributed by atoms with Gasteiger partial charge in [0.25, 0.3) is 0 Å². The number of ketones is 2. The number of rotatable bonds is 0. The Morgan fingerprint density at radius 3 is 1.38 bits per heavy atom. The van der Waals surface area contributed by atoms with Crippen molar-refractivity contribution >= 4 is 70.6 Å². The van der Waals surface area contributed by atoms with E-state index in [1.807, 2.05) is 54.6 Å². The number of carbonyl (C=O) groups is 2. The number of carbonyl (C=O) groups excluding carboxylic acids is 2. The van der Waals surface area contributed by atoms with Crippen molar-refractivity contribution in [3.05, 3.63) is 118 Å². The molecule has 0 unspecified atom stereocenters. The molecule has 7 aromatic rings. The minimum atomic E-state index is 0.0609. The minimum Gasteiger partial charge on any atom is -0.289 e. The normalized spacial score (nSPS) is 13.6. The lowest BCUT2D eigenvalue weighted by Crippen LogP contribution is -2.11. The average Bonchev–Trinajstić information content (AvgIpc) is 2.94. The predicted octanol–water partition coefficient (Wildman–Crippen LogP) is 8.92. The Bertz CT molecular complexity index is 2220. The minimum absolute atomic E-state index is 0.0609. The summed E-state index contributed by atoms with van der Waals surface area (Å²) < 4.78 is 0.901. The van der Waals surface area contributed by atoms with Gasteiger partial charge in [-0.1, -0.05) is 82.7 Å². The van der Waals surface area contributed by atoms with Gasteiger partial charge in [-0.25, -0.2) is 0 Å². The fourth-order valence-corrected chi connectivity index (χ4v) is 7.22. The van der Waals surface area contributed by atoms with Crippen molar-refractivity contribution in [1.29, 1.82) is 0 Å². The molecule has 7 aromatic carbocycles. The van der Waals surface area contributed by atoms with Crippen LogP contribution in [0.15, 0.2) is 95.5 Å². The zero-order valence-corrected chi connectivity index (χ0v) is 20.9. The summed E-state index contributed by atoms with van der Waals surface area (Å²) in [4.78, 5) is 27.2. The van der Waals surface area contributed by atoms with Crippen LogP contribution in [0, 0.1) is 0 Å². The first-order valence-electron chi connectivity index (χ1n) is 12.3. The van der Waals surface area contributed by atoms with E-state index in [9.17, 15) is 9.59 Å². The summed E-state index contributed by atoms with van der Waals surface area (Å²) >= 11 is 3.53. The molecule has 0 aromatic heterocycles. The fraction of sp³-hybridized carbons (Fsp3) is 0. The van der Waals surface area contributed by atoms with Gasteiger partial charge in [0.15, 0.2) is 11.6 Å². The molecule has 2 aliphatic carbocycles.